The quantitative estimate of drug-likeness (QED) is 0.564. The highest BCUT2D eigenvalue weighted by Crippen LogP contribution is 2.08. The van der Waals surface area contributed by atoms with Crippen LogP contribution in [0.25, 0.3) is 0 Å². The van der Waals surface area contributed by atoms with E-state index in [-0.39, 0.29) is 12.3 Å². The fraction of sp³-hybridized carbons (Fsp3) is 0.714. The summed E-state index contributed by atoms with van der Waals surface area (Å²) in [5.74, 6) is 0.143. The Bertz CT molecular complexity index is 229. The summed E-state index contributed by atoms with van der Waals surface area (Å²) in [6, 6.07) is 0. The zero-order valence-corrected chi connectivity index (χ0v) is 7.74. The molecule has 1 atom stereocenters. The highest BCUT2D eigenvalue weighted by molar-refractivity contribution is 5.84. The molecular weight excluding hydrogens is 172 g/mol. The van der Waals surface area contributed by atoms with Gasteiger partial charge in [-0.3, -0.25) is 10.2 Å². The summed E-state index contributed by atoms with van der Waals surface area (Å²) in [6.07, 6.45) is 0.766. The smallest absolute Gasteiger partial charge is 0.303 e. The Balaban J connectivity index is 2.35. The lowest BCUT2D eigenvalue weighted by Gasteiger charge is -2.07. The molecular formula is C7H14N4O2. The van der Waals surface area contributed by atoms with Gasteiger partial charge in [0, 0.05) is 19.4 Å². The van der Waals surface area contributed by atoms with Crippen molar-refractivity contribution in [1.29, 1.82) is 0 Å². The number of hydrogen-bond donors (Lipinski definition) is 3. The third-order valence-electron chi connectivity index (χ3n) is 1.86. The molecule has 74 valence electrons. The molecule has 1 aliphatic heterocycles. The molecule has 0 bridgehead atoms. The van der Waals surface area contributed by atoms with Crippen molar-refractivity contribution in [3.8, 4) is 0 Å². The van der Waals surface area contributed by atoms with Gasteiger partial charge in [-0.1, -0.05) is 6.92 Å². The van der Waals surface area contributed by atoms with E-state index in [2.05, 4.69) is 16.1 Å². The highest BCUT2D eigenvalue weighted by atomic mass is 16.4. The first kappa shape index (κ1) is 9.79. The molecule has 6 nitrogen and oxygen atoms in total. The third-order valence-corrected chi connectivity index (χ3v) is 1.86. The van der Waals surface area contributed by atoms with Crippen LogP contribution in [0.15, 0.2) is 5.10 Å². The molecule has 0 aromatic heterocycles. The van der Waals surface area contributed by atoms with E-state index < -0.39 is 5.97 Å². The van der Waals surface area contributed by atoms with E-state index in [0.717, 1.165) is 5.84 Å². The molecule has 1 heterocycles. The van der Waals surface area contributed by atoms with E-state index >= 15 is 0 Å². The van der Waals surface area contributed by atoms with Crippen molar-refractivity contribution in [2.45, 2.75) is 19.8 Å². The van der Waals surface area contributed by atoms with E-state index in [1.165, 1.54) is 0 Å². The Kier molecular flexibility index (Phi) is 3.07. The number of nitrogens with one attached hydrogen (secondary N) is 2. The molecule has 3 N–H and O–H groups in total. The standard InChI is InChI=1S/C7H14N4O2/c1-5(3-4-6(12)13)7-8-10-11(2)9-7/h5,10H,3-4H2,1-2H3,(H,8,9)(H,12,13). The van der Waals surface area contributed by atoms with Crippen molar-refractivity contribution in [3.63, 3.8) is 0 Å². The SMILES string of the molecule is CC(CCC(=O)O)C1=NN(C)NN1. The molecule has 1 aliphatic rings. The zero-order chi connectivity index (χ0) is 9.84. The normalized spacial score (nSPS) is 18.0. The van der Waals surface area contributed by atoms with Gasteiger partial charge in [0.2, 0.25) is 0 Å². The van der Waals surface area contributed by atoms with Gasteiger partial charge in [-0.2, -0.15) is 0 Å². The van der Waals surface area contributed by atoms with Gasteiger partial charge in [-0.05, 0) is 6.42 Å². The summed E-state index contributed by atoms with van der Waals surface area (Å²) in [5.41, 5.74) is 5.63. The Labute approximate surface area is 76.5 Å². The Morgan fingerprint density at radius 3 is 2.92 bits per heavy atom. The molecule has 13 heavy (non-hydrogen) atoms. The molecule has 1 unspecified atom stereocenters. The third kappa shape index (κ3) is 2.90. The second-order valence-corrected chi connectivity index (χ2v) is 3.08. The number of rotatable bonds is 4. The number of hydrogen-bond acceptors (Lipinski definition) is 5. The Hall–Kier alpha value is -1.30. The summed E-state index contributed by atoms with van der Waals surface area (Å²) in [5, 5.41) is 14.1. The fourth-order valence-corrected chi connectivity index (χ4v) is 1.05. The second kappa shape index (κ2) is 4.08. The van der Waals surface area contributed by atoms with Crippen molar-refractivity contribution in [3.05, 3.63) is 0 Å². The first-order valence-electron chi connectivity index (χ1n) is 4.15. The predicted molar refractivity (Wildman–Crippen MR) is 47.5 cm³/mol. The van der Waals surface area contributed by atoms with Crippen molar-refractivity contribution in [1.82, 2.24) is 16.1 Å². The zero-order valence-electron chi connectivity index (χ0n) is 7.74. The van der Waals surface area contributed by atoms with Crippen LogP contribution in [0.5, 0.6) is 0 Å². The summed E-state index contributed by atoms with van der Waals surface area (Å²) in [6.45, 7) is 1.94. The van der Waals surface area contributed by atoms with Gasteiger partial charge in [0.1, 0.15) is 5.84 Å². The molecule has 0 aromatic carbocycles. The molecule has 0 aromatic rings. The minimum atomic E-state index is -0.772. The predicted octanol–water partition coefficient (Wildman–Crippen LogP) is -0.245. The van der Waals surface area contributed by atoms with E-state index in [1.807, 2.05) is 6.92 Å². The first-order chi connectivity index (χ1) is 6.09. The molecule has 0 saturated heterocycles. The van der Waals surface area contributed by atoms with Gasteiger partial charge >= 0.3 is 5.97 Å². The number of carboxylic acid groups (broad SMARTS) is 1. The van der Waals surface area contributed by atoms with Gasteiger partial charge in [0.05, 0.1) is 0 Å². The van der Waals surface area contributed by atoms with Crippen LogP contribution in [-0.2, 0) is 4.79 Å². The Morgan fingerprint density at radius 1 is 1.77 bits per heavy atom. The van der Waals surface area contributed by atoms with Crippen LogP contribution >= 0.6 is 0 Å². The largest absolute Gasteiger partial charge is 0.481 e. The number of carbonyl (C=O) groups is 1. The molecule has 0 aliphatic carbocycles. The molecule has 1 rings (SSSR count). The van der Waals surface area contributed by atoms with Crippen molar-refractivity contribution in [2.75, 3.05) is 7.05 Å². The monoisotopic (exact) mass is 186 g/mol. The van der Waals surface area contributed by atoms with E-state index in [1.54, 1.807) is 12.2 Å². The second-order valence-electron chi connectivity index (χ2n) is 3.08. The van der Waals surface area contributed by atoms with E-state index in [4.69, 9.17) is 5.11 Å². The van der Waals surface area contributed by atoms with E-state index in [0.29, 0.717) is 6.42 Å². The maximum atomic E-state index is 10.3. The number of amidine groups is 1. The average molecular weight is 186 g/mol. The molecule has 0 spiro atoms. The molecule has 0 radical (unpaired) electrons. The lowest BCUT2D eigenvalue weighted by molar-refractivity contribution is -0.137. The van der Waals surface area contributed by atoms with Crippen LogP contribution in [-0.4, -0.2) is 29.1 Å². The number of hydrazone groups is 1. The number of aliphatic carboxylic acids is 1. The maximum Gasteiger partial charge on any atom is 0.303 e. The van der Waals surface area contributed by atoms with Crippen LogP contribution in [0.3, 0.4) is 0 Å². The van der Waals surface area contributed by atoms with Gasteiger partial charge in [-0.15, -0.1) is 10.6 Å². The number of hydrazine groups is 2. The topological polar surface area (TPSA) is 77.0 Å². The molecule has 0 fully saturated rings. The lowest BCUT2D eigenvalue weighted by Crippen LogP contribution is -2.38. The first-order valence-corrected chi connectivity index (χ1v) is 4.15. The van der Waals surface area contributed by atoms with Gasteiger partial charge in [-0.25, -0.2) is 5.12 Å². The van der Waals surface area contributed by atoms with Crippen LogP contribution in [0, 0.1) is 5.92 Å². The van der Waals surface area contributed by atoms with Crippen LogP contribution < -0.4 is 11.0 Å². The molecule has 0 saturated carbocycles. The van der Waals surface area contributed by atoms with Gasteiger partial charge in [0.15, 0.2) is 0 Å². The van der Waals surface area contributed by atoms with Crippen LogP contribution in [0.1, 0.15) is 19.8 Å². The lowest BCUT2D eigenvalue weighted by atomic mass is 10.1. The summed E-state index contributed by atoms with van der Waals surface area (Å²) in [4.78, 5) is 10.3. The summed E-state index contributed by atoms with van der Waals surface area (Å²) in [7, 11) is 1.77. The Morgan fingerprint density at radius 2 is 2.46 bits per heavy atom. The molecule has 0 amide bonds. The summed E-state index contributed by atoms with van der Waals surface area (Å²) < 4.78 is 0. The van der Waals surface area contributed by atoms with Crippen LogP contribution in [0.4, 0.5) is 0 Å². The molecule has 6 heteroatoms. The van der Waals surface area contributed by atoms with Crippen molar-refractivity contribution >= 4 is 11.8 Å². The van der Waals surface area contributed by atoms with Crippen LogP contribution in [0.2, 0.25) is 0 Å². The fourth-order valence-electron chi connectivity index (χ4n) is 1.05. The maximum absolute atomic E-state index is 10.3. The van der Waals surface area contributed by atoms with Crippen molar-refractivity contribution < 1.29 is 9.90 Å². The van der Waals surface area contributed by atoms with Crippen molar-refractivity contribution in [2.24, 2.45) is 11.0 Å². The minimum Gasteiger partial charge on any atom is -0.481 e. The number of nitrogens with zero attached hydrogens (tertiary/aromatic N) is 2. The minimum absolute atomic E-state index is 0.133. The van der Waals surface area contributed by atoms with E-state index in [9.17, 15) is 4.79 Å². The number of carboxylic acids is 1. The average Bonchev–Trinajstić information content (AvgIpc) is 2.47. The van der Waals surface area contributed by atoms with Gasteiger partial charge in [0.25, 0.3) is 0 Å². The highest BCUT2D eigenvalue weighted by Gasteiger charge is 2.17. The van der Waals surface area contributed by atoms with Gasteiger partial charge < -0.3 is 5.11 Å². The summed E-state index contributed by atoms with van der Waals surface area (Å²) >= 11 is 0.